The summed E-state index contributed by atoms with van der Waals surface area (Å²) in [5.41, 5.74) is 0.413. The highest BCUT2D eigenvalue weighted by atomic mass is 16.5. The van der Waals surface area contributed by atoms with Crippen molar-refractivity contribution in [1.82, 2.24) is 30.5 Å². The van der Waals surface area contributed by atoms with Gasteiger partial charge in [-0.25, -0.2) is 4.68 Å². The number of aliphatic hydroxyl groups excluding tert-OH is 1. The van der Waals surface area contributed by atoms with Gasteiger partial charge in [0.05, 0.1) is 35.6 Å². The average Bonchev–Trinajstić information content (AvgIpc) is 3.71. The van der Waals surface area contributed by atoms with Gasteiger partial charge in [0, 0.05) is 6.54 Å². The highest BCUT2D eigenvalue weighted by Gasteiger charge is 2.78. The van der Waals surface area contributed by atoms with Crippen LogP contribution in [0.15, 0.2) is 54.6 Å². The third kappa shape index (κ3) is 3.90. The first kappa shape index (κ1) is 26.4. The second-order valence-electron chi connectivity index (χ2n) is 11.1. The van der Waals surface area contributed by atoms with Crippen LogP contribution in [0.25, 0.3) is 11.0 Å². The molecule has 11 nitrogen and oxygen atoms in total. The number of carbonyl (C=O) groups excluding carboxylic acids is 3. The topological polar surface area (TPSA) is 139 Å². The van der Waals surface area contributed by atoms with Gasteiger partial charge in [0.25, 0.3) is 0 Å². The minimum atomic E-state index is -1.17. The van der Waals surface area contributed by atoms with Gasteiger partial charge in [-0.3, -0.25) is 14.4 Å². The first-order chi connectivity index (χ1) is 19.3. The van der Waals surface area contributed by atoms with E-state index in [9.17, 15) is 19.5 Å². The second kappa shape index (κ2) is 9.97. The van der Waals surface area contributed by atoms with Crippen LogP contribution in [0.3, 0.4) is 0 Å². The largest absolute Gasteiger partial charge is 0.394 e. The maximum absolute atomic E-state index is 14.1. The van der Waals surface area contributed by atoms with Gasteiger partial charge >= 0.3 is 0 Å². The van der Waals surface area contributed by atoms with E-state index in [1.54, 1.807) is 11.6 Å². The van der Waals surface area contributed by atoms with Gasteiger partial charge in [-0.1, -0.05) is 54.6 Å². The molecule has 2 bridgehead atoms. The van der Waals surface area contributed by atoms with Crippen LogP contribution in [0, 0.1) is 11.8 Å². The molecule has 40 heavy (non-hydrogen) atoms. The molecule has 3 amide bonds. The summed E-state index contributed by atoms with van der Waals surface area (Å²) in [4.78, 5) is 43.2. The molecule has 3 aliphatic heterocycles. The van der Waals surface area contributed by atoms with Crippen LogP contribution in [0.5, 0.6) is 0 Å². The zero-order valence-corrected chi connectivity index (χ0v) is 22.6. The Labute approximate surface area is 231 Å². The van der Waals surface area contributed by atoms with E-state index in [0.29, 0.717) is 31.3 Å². The van der Waals surface area contributed by atoms with E-state index in [-0.39, 0.29) is 25.1 Å². The van der Waals surface area contributed by atoms with Crippen LogP contribution < -0.4 is 10.6 Å². The standard InChI is InChI=1S/C29H34N6O5/c1-3-28-13-14-29(40-28)23(22(28)25(37)30-15-19-9-5-4-6-10-19)27(39)35(18(2)16-36)24(29)26(38)31-17-34-21-12-8-7-11-20(21)32-33-34/h4-12,18,22-24,36H,3,13-17H2,1-2H3,(H,30,37)(H,31,38)/t18-,22-,23+,24?,28+,29?/m1/s1. The number of hydrogen-bond acceptors (Lipinski definition) is 7. The summed E-state index contributed by atoms with van der Waals surface area (Å²) >= 11 is 0. The third-order valence-electron chi connectivity index (χ3n) is 9.02. The summed E-state index contributed by atoms with van der Waals surface area (Å²) in [5, 5.41) is 24.3. The summed E-state index contributed by atoms with van der Waals surface area (Å²) in [6.45, 7) is 3.71. The van der Waals surface area contributed by atoms with Gasteiger partial charge in [-0.05, 0) is 43.9 Å². The Bertz CT molecular complexity index is 1440. The SMILES string of the molecule is CC[C@@]12CCC3(O1)C(C(=O)NCn1nnc4ccccc41)N([C@H](C)CO)C(=O)[C@@H]3[C@@H]2C(=O)NCc1ccccc1. The van der Waals surface area contributed by atoms with Gasteiger partial charge in [0.15, 0.2) is 0 Å². The molecular formula is C29H34N6O5. The molecule has 3 aromatic rings. The number of ether oxygens (including phenoxy) is 1. The van der Waals surface area contributed by atoms with Gasteiger partial charge in [0.2, 0.25) is 17.7 Å². The van der Waals surface area contributed by atoms with E-state index in [2.05, 4.69) is 20.9 Å². The Morgan fingerprint density at radius 3 is 2.60 bits per heavy atom. The first-order valence-corrected chi connectivity index (χ1v) is 13.9. The van der Waals surface area contributed by atoms with Crippen molar-refractivity contribution in [2.75, 3.05) is 6.61 Å². The van der Waals surface area contributed by atoms with Gasteiger partial charge in [-0.15, -0.1) is 5.10 Å². The number of aliphatic hydroxyl groups is 1. The van der Waals surface area contributed by atoms with Crippen molar-refractivity contribution in [3.63, 3.8) is 0 Å². The molecule has 3 N–H and O–H groups in total. The Balaban J connectivity index is 1.30. The molecule has 0 aliphatic carbocycles. The van der Waals surface area contributed by atoms with Crippen molar-refractivity contribution < 1.29 is 24.2 Å². The molecule has 0 radical (unpaired) electrons. The summed E-state index contributed by atoms with van der Waals surface area (Å²) in [7, 11) is 0. The van der Waals surface area contributed by atoms with E-state index in [1.165, 1.54) is 4.90 Å². The normalized spacial score (nSPS) is 29.5. The molecule has 3 fully saturated rings. The number of fused-ring (bicyclic) bond motifs is 2. The van der Waals surface area contributed by atoms with Crippen LogP contribution >= 0.6 is 0 Å². The fourth-order valence-corrected chi connectivity index (χ4v) is 7.09. The predicted octanol–water partition coefficient (Wildman–Crippen LogP) is 1.36. The molecule has 1 aromatic heterocycles. The number of hydrogen-bond donors (Lipinski definition) is 3. The molecule has 210 valence electrons. The highest BCUT2D eigenvalue weighted by molar-refractivity contribution is 5.99. The fraction of sp³-hybridized carbons (Fsp3) is 0.483. The average molecular weight is 547 g/mol. The minimum absolute atomic E-state index is 0.0477. The van der Waals surface area contributed by atoms with Crippen LogP contribution in [-0.2, 0) is 32.3 Å². The van der Waals surface area contributed by atoms with Gasteiger partial charge in [-0.2, -0.15) is 0 Å². The Kier molecular flexibility index (Phi) is 6.58. The summed E-state index contributed by atoms with van der Waals surface area (Å²) < 4.78 is 8.32. The molecule has 6 rings (SSSR count). The Hall–Kier alpha value is -3.83. The molecule has 2 unspecified atom stereocenters. The van der Waals surface area contributed by atoms with E-state index < -0.39 is 41.0 Å². The van der Waals surface area contributed by atoms with Crippen molar-refractivity contribution in [1.29, 1.82) is 0 Å². The van der Waals surface area contributed by atoms with Crippen molar-refractivity contribution in [2.45, 2.75) is 69.6 Å². The monoisotopic (exact) mass is 546 g/mol. The number of nitrogens with one attached hydrogen (secondary N) is 2. The fourth-order valence-electron chi connectivity index (χ4n) is 7.09. The smallest absolute Gasteiger partial charge is 0.247 e. The molecule has 3 aliphatic rings. The molecule has 1 spiro atoms. The maximum atomic E-state index is 14.1. The minimum Gasteiger partial charge on any atom is -0.394 e. The number of amides is 3. The van der Waals surface area contributed by atoms with E-state index in [1.807, 2.05) is 61.5 Å². The predicted molar refractivity (Wildman–Crippen MR) is 144 cm³/mol. The molecule has 4 heterocycles. The van der Waals surface area contributed by atoms with E-state index in [4.69, 9.17) is 4.74 Å². The number of aromatic nitrogens is 3. The Morgan fingerprint density at radius 2 is 1.85 bits per heavy atom. The molecular weight excluding hydrogens is 512 g/mol. The molecule has 6 atom stereocenters. The summed E-state index contributed by atoms with van der Waals surface area (Å²) in [5.74, 6) is -2.56. The lowest BCUT2D eigenvalue weighted by atomic mass is 9.65. The quantitative estimate of drug-likeness (QED) is 0.368. The molecule has 11 heteroatoms. The lowest BCUT2D eigenvalue weighted by Crippen LogP contribution is -2.57. The number of nitrogens with zero attached hydrogens (tertiary/aromatic N) is 4. The second-order valence-corrected chi connectivity index (χ2v) is 11.1. The summed E-state index contributed by atoms with van der Waals surface area (Å²) in [6, 6.07) is 15.4. The molecule has 3 saturated heterocycles. The lowest BCUT2D eigenvalue weighted by molar-refractivity contribution is -0.150. The van der Waals surface area contributed by atoms with Crippen molar-refractivity contribution in [2.24, 2.45) is 11.8 Å². The van der Waals surface area contributed by atoms with Crippen molar-refractivity contribution >= 4 is 28.8 Å². The molecule has 2 aromatic carbocycles. The third-order valence-corrected chi connectivity index (χ3v) is 9.02. The molecule has 0 saturated carbocycles. The Morgan fingerprint density at radius 1 is 1.10 bits per heavy atom. The number of rotatable bonds is 9. The maximum Gasteiger partial charge on any atom is 0.247 e. The van der Waals surface area contributed by atoms with Gasteiger partial charge < -0.3 is 25.4 Å². The summed E-state index contributed by atoms with van der Waals surface area (Å²) in [6.07, 6.45) is 1.57. The van der Waals surface area contributed by atoms with Crippen molar-refractivity contribution in [3.05, 3.63) is 60.2 Å². The van der Waals surface area contributed by atoms with Crippen LogP contribution in [0.1, 0.15) is 38.7 Å². The van der Waals surface area contributed by atoms with Crippen LogP contribution in [0.2, 0.25) is 0 Å². The number of likely N-dealkylation sites (tertiary alicyclic amines) is 1. The first-order valence-electron chi connectivity index (χ1n) is 13.9. The zero-order chi connectivity index (χ0) is 28.1. The zero-order valence-electron chi connectivity index (χ0n) is 22.6. The number of para-hydroxylation sites is 1. The van der Waals surface area contributed by atoms with Crippen LogP contribution in [0.4, 0.5) is 0 Å². The van der Waals surface area contributed by atoms with Crippen LogP contribution in [-0.4, -0.2) is 72.6 Å². The van der Waals surface area contributed by atoms with Gasteiger partial charge in [0.1, 0.15) is 23.8 Å². The lowest BCUT2D eigenvalue weighted by Gasteiger charge is -2.36. The van der Waals surface area contributed by atoms with E-state index in [0.717, 1.165) is 11.1 Å². The number of benzene rings is 2. The van der Waals surface area contributed by atoms with E-state index >= 15 is 0 Å². The van der Waals surface area contributed by atoms with Crippen molar-refractivity contribution in [3.8, 4) is 0 Å². The number of carbonyl (C=O) groups is 3. The highest BCUT2D eigenvalue weighted by Crippen LogP contribution is 2.64.